The van der Waals surface area contributed by atoms with Crippen molar-refractivity contribution in [1.82, 2.24) is 0 Å². The quantitative estimate of drug-likeness (QED) is 0.753. The summed E-state index contributed by atoms with van der Waals surface area (Å²) >= 11 is 0. The number of ether oxygens (including phenoxy) is 1. The molecule has 0 amide bonds. The van der Waals surface area contributed by atoms with Gasteiger partial charge in [0, 0.05) is 5.56 Å². The smallest absolute Gasteiger partial charge is 0.185 e. The SMILES string of the molecule is O=Cc1ccc(-c2ccc(OCC3CC3)cc2)o1. The number of benzene rings is 1. The minimum Gasteiger partial charge on any atom is -0.493 e. The zero-order chi connectivity index (χ0) is 12.4. The van der Waals surface area contributed by atoms with E-state index in [1.807, 2.05) is 24.3 Å². The molecule has 1 saturated carbocycles. The van der Waals surface area contributed by atoms with Gasteiger partial charge >= 0.3 is 0 Å². The van der Waals surface area contributed by atoms with E-state index in [-0.39, 0.29) is 0 Å². The van der Waals surface area contributed by atoms with E-state index >= 15 is 0 Å². The van der Waals surface area contributed by atoms with Gasteiger partial charge in [-0.2, -0.15) is 0 Å². The van der Waals surface area contributed by atoms with Crippen LogP contribution in [0.1, 0.15) is 23.4 Å². The maximum Gasteiger partial charge on any atom is 0.185 e. The maximum absolute atomic E-state index is 10.5. The van der Waals surface area contributed by atoms with Gasteiger partial charge in [0.25, 0.3) is 0 Å². The van der Waals surface area contributed by atoms with Gasteiger partial charge in [-0.3, -0.25) is 4.79 Å². The van der Waals surface area contributed by atoms with Crippen LogP contribution in [0.3, 0.4) is 0 Å². The fourth-order valence-electron chi connectivity index (χ4n) is 1.79. The lowest BCUT2D eigenvalue weighted by Gasteiger charge is -2.05. The van der Waals surface area contributed by atoms with Gasteiger partial charge in [0.2, 0.25) is 0 Å². The molecular weight excluding hydrogens is 228 g/mol. The predicted octanol–water partition coefficient (Wildman–Crippen LogP) is 3.55. The Morgan fingerprint density at radius 1 is 1.17 bits per heavy atom. The average molecular weight is 242 g/mol. The summed E-state index contributed by atoms with van der Waals surface area (Å²) in [5, 5.41) is 0. The van der Waals surface area contributed by atoms with E-state index in [4.69, 9.17) is 9.15 Å². The zero-order valence-corrected chi connectivity index (χ0v) is 9.96. The van der Waals surface area contributed by atoms with Crippen LogP contribution in [0.25, 0.3) is 11.3 Å². The summed E-state index contributed by atoms with van der Waals surface area (Å²) in [7, 11) is 0. The summed E-state index contributed by atoms with van der Waals surface area (Å²) in [6, 6.07) is 11.2. The first kappa shape index (κ1) is 11.1. The number of aldehydes is 1. The van der Waals surface area contributed by atoms with E-state index in [0.29, 0.717) is 17.8 Å². The molecule has 0 atom stereocenters. The Morgan fingerprint density at radius 2 is 1.94 bits per heavy atom. The normalized spacial score (nSPS) is 14.4. The maximum atomic E-state index is 10.5. The van der Waals surface area contributed by atoms with Crippen LogP contribution in [-0.2, 0) is 0 Å². The average Bonchev–Trinajstić information content (AvgIpc) is 3.12. The Bertz CT molecular complexity index is 535. The molecule has 1 aromatic heterocycles. The van der Waals surface area contributed by atoms with Crippen LogP contribution in [0.5, 0.6) is 5.75 Å². The summed E-state index contributed by atoms with van der Waals surface area (Å²) in [6.07, 6.45) is 3.29. The summed E-state index contributed by atoms with van der Waals surface area (Å²) in [4.78, 5) is 10.5. The van der Waals surface area contributed by atoms with Crippen molar-refractivity contribution >= 4 is 6.29 Å². The Morgan fingerprint density at radius 3 is 2.56 bits per heavy atom. The molecule has 2 aromatic rings. The van der Waals surface area contributed by atoms with Gasteiger partial charge in [-0.1, -0.05) is 0 Å². The van der Waals surface area contributed by atoms with Crippen molar-refractivity contribution in [3.8, 4) is 17.1 Å². The summed E-state index contributed by atoms with van der Waals surface area (Å²) in [6.45, 7) is 0.815. The van der Waals surface area contributed by atoms with Gasteiger partial charge in [-0.25, -0.2) is 0 Å². The first-order valence-electron chi connectivity index (χ1n) is 6.13. The number of hydrogen-bond acceptors (Lipinski definition) is 3. The molecule has 3 nitrogen and oxygen atoms in total. The highest BCUT2D eigenvalue weighted by atomic mass is 16.5. The Hall–Kier alpha value is -2.03. The Kier molecular flexibility index (Phi) is 2.89. The van der Waals surface area contributed by atoms with Gasteiger partial charge in [-0.15, -0.1) is 0 Å². The second-order valence-electron chi connectivity index (χ2n) is 4.60. The highest BCUT2D eigenvalue weighted by Gasteiger charge is 2.21. The standard InChI is InChI=1S/C15H14O3/c16-9-14-7-8-15(18-14)12-3-5-13(6-4-12)17-10-11-1-2-11/h3-9,11H,1-2,10H2. The molecule has 1 fully saturated rings. The van der Waals surface area contributed by atoms with E-state index in [2.05, 4.69) is 0 Å². The van der Waals surface area contributed by atoms with E-state index in [1.165, 1.54) is 12.8 Å². The summed E-state index contributed by atoms with van der Waals surface area (Å²) in [5.41, 5.74) is 0.946. The zero-order valence-electron chi connectivity index (χ0n) is 9.96. The van der Waals surface area contributed by atoms with Gasteiger partial charge in [0.15, 0.2) is 12.0 Å². The molecule has 0 spiro atoms. The lowest BCUT2D eigenvalue weighted by molar-refractivity contribution is 0.110. The second-order valence-corrected chi connectivity index (χ2v) is 4.60. The minimum absolute atomic E-state index is 0.346. The van der Waals surface area contributed by atoms with Gasteiger partial charge < -0.3 is 9.15 Å². The van der Waals surface area contributed by atoms with E-state index in [9.17, 15) is 4.79 Å². The number of carbonyl (C=O) groups is 1. The first-order chi connectivity index (χ1) is 8.85. The van der Waals surface area contributed by atoms with Gasteiger partial charge in [0.05, 0.1) is 6.61 Å². The monoisotopic (exact) mass is 242 g/mol. The van der Waals surface area contributed by atoms with Crippen LogP contribution in [-0.4, -0.2) is 12.9 Å². The molecule has 0 saturated heterocycles. The Labute approximate surface area is 105 Å². The van der Waals surface area contributed by atoms with Gasteiger partial charge in [0.1, 0.15) is 11.5 Å². The number of furan rings is 1. The predicted molar refractivity (Wildman–Crippen MR) is 67.8 cm³/mol. The largest absolute Gasteiger partial charge is 0.493 e. The molecule has 0 N–H and O–H groups in total. The molecule has 0 bridgehead atoms. The van der Waals surface area contributed by atoms with Crippen LogP contribution < -0.4 is 4.74 Å². The van der Waals surface area contributed by atoms with E-state index < -0.39 is 0 Å². The van der Waals surface area contributed by atoms with Crippen molar-refractivity contribution < 1.29 is 13.9 Å². The Balaban J connectivity index is 1.70. The number of rotatable bonds is 5. The van der Waals surface area contributed by atoms with Crippen molar-refractivity contribution in [3.63, 3.8) is 0 Å². The fraction of sp³-hybridized carbons (Fsp3) is 0.267. The van der Waals surface area contributed by atoms with Crippen LogP contribution in [0.2, 0.25) is 0 Å². The van der Waals surface area contributed by atoms with E-state index in [1.54, 1.807) is 12.1 Å². The lowest BCUT2D eigenvalue weighted by atomic mass is 10.2. The van der Waals surface area contributed by atoms with E-state index in [0.717, 1.165) is 23.8 Å². The van der Waals surface area contributed by atoms with Crippen molar-refractivity contribution in [2.45, 2.75) is 12.8 Å². The highest BCUT2D eigenvalue weighted by molar-refractivity contribution is 5.72. The summed E-state index contributed by atoms with van der Waals surface area (Å²) in [5.74, 6) is 2.68. The molecule has 0 aliphatic heterocycles. The lowest BCUT2D eigenvalue weighted by Crippen LogP contribution is -1.98. The van der Waals surface area contributed by atoms with Crippen molar-refractivity contribution in [2.24, 2.45) is 5.92 Å². The molecule has 0 unspecified atom stereocenters. The second kappa shape index (κ2) is 4.69. The first-order valence-corrected chi connectivity index (χ1v) is 6.13. The third-order valence-electron chi connectivity index (χ3n) is 3.06. The molecule has 1 aliphatic rings. The minimum atomic E-state index is 0.346. The molecule has 18 heavy (non-hydrogen) atoms. The van der Waals surface area contributed by atoms with Crippen LogP contribution in [0.4, 0.5) is 0 Å². The molecule has 1 aliphatic carbocycles. The molecule has 3 rings (SSSR count). The molecule has 1 aromatic carbocycles. The molecule has 0 radical (unpaired) electrons. The molecule has 92 valence electrons. The van der Waals surface area contributed by atoms with Crippen molar-refractivity contribution in [1.29, 1.82) is 0 Å². The van der Waals surface area contributed by atoms with Crippen LogP contribution in [0.15, 0.2) is 40.8 Å². The number of hydrogen-bond donors (Lipinski definition) is 0. The molecular formula is C15H14O3. The third-order valence-corrected chi connectivity index (χ3v) is 3.06. The molecule has 3 heteroatoms. The summed E-state index contributed by atoms with van der Waals surface area (Å²) < 4.78 is 11.0. The highest BCUT2D eigenvalue weighted by Crippen LogP contribution is 2.30. The number of carbonyl (C=O) groups excluding carboxylic acids is 1. The van der Waals surface area contributed by atoms with Crippen molar-refractivity contribution in [3.05, 3.63) is 42.2 Å². The van der Waals surface area contributed by atoms with Crippen molar-refractivity contribution in [2.75, 3.05) is 6.61 Å². The van der Waals surface area contributed by atoms with Gasteiger partial charge in [-0.05, 0) is 55.2 Å². The third kappa shape index (κ3) is 2.45. The van der Waals surface area contributed by atoms with Crippen LogP contribution >= 0.6 is 0 Å². The van der Waals surface area contributed by atoms with Crippen LogP contribution in [0, 0.1) is 5.92 Å². The topological polar surface area (TPSA) is 39.4 Å². The molecule has 1 heterocycles. The fourth-order valence-corrected chi connectivity index (χ4v) is 1.79.